The highest BCUT2D eigenvalue weighted by atomic mass is 35.5. The third-order valence-corrected chi connectivity index (χ3v) is 4.15. The maximum atomic E-state index is 13.5. The van der Waals surface area contributed by atoms with E-state index < -0.39 is 17.5 Å². The second-order valence-corrected chi connectivity index (χ2v) is 6.04. The van der Waals surface area contributed by atoms with Crippen LogP contribution in [-0.4, -0.2) is 37.0 Å². The second kappa shape index (κ2) is 10.3. The molecule has 25 heavy (non-hydrogen) atoms. The van der Waals surface area contributed by atoms with Crippen LogP contribution in [0.15, 0.2) is 18.2 Å². The van der Waals surface area contributed by atoms with E-state index in [-0.39, 0.29) is 48.9 Å². The van der Waals surface area contributed by atoms with Crippen LogP contribution in [0.1, 0.15) is 43.0 Å². The molecule has 1 aromatic rings. The molecule has 1 fully saturated rings. The molecule has 1 saturated heterocycles. The minimum absolute atomic E-state index is 0. The molecular weight excluding hydrogens is 352 g/mol. The van der Waals surface area contributed by atoms with E-state index in [2.05, 4.69) is 16.0 Å². The molecule has 2 amide bonds. The molecule has 0 saturated carbocycles. The number of halogens is 3. The van der Waals surface area contributed by atoms with Crippen molar-refractivity contribution in [2.24, 2.45) is 0 Å². The zero-order valence-electron chi connectivity index (χ0n) is 14.1. The second-order valence-electron chi connectivity index (χ2n) is 6.04. The van der Waals surface area contributed by atoms with Crippen molar-refractivity contribution >= 4 is 24.2 Å². The Morgan fingerprint density at radius 1 is 1.32 bits per heavy atom. The molecule has 0 aromatic heterocycles. The minimum atomic E-state index is -0.899. The van der Waals surface area contributed by atoms with E-state index in [1.54, 1.807) is 0 Å². The molecule has 0 bridgehead atoms. The van der Waals surface area contributed by atoms with E-state index in [4.69, 9.17) is 0 Å². The van der Waals surface area contributed by atoms with E-state index in [1.807, 2.05) is 6.92 Å². The van der Waals surface area contributed by atoms with Gasteiger partial charge in [0.15, 0.2) is 0 Å². The fourth-order valence-corrected chi connectivity index (χ4v) is 2.74. The Bertz CT molecular complexity index is 601. The normalized spacial score (nSPS) is 19.6. The molecule has 8 heteroatoms. The van der Waals surface area contributed by atoms with Crippen molar-refractivity contribution in [3.8, 4) is 0 Å². The number of carbonyl (C=O) groups excluding carboxylic acids is 2. The SMILES string of the molecule is CC1NCCCC1NC(=O)CCCNC(=O)c1ccc(F)cc1F.Cl. The highest BCUT2D eigenvalue weighted by Gasteiger charge is 2.22. The van der Waals surface area contributed by atoms with Crippen LogP contribution in [0.4, 0.5) is 8.78 Å². The van der Waals surface area contributed by atoms with Crippen LogP contribution in [0.25, 0.3) is 0 Å². The summed E-state index contributed by atoms with van der Waals surface area (Å²) < 4.78 is 26.3. The first-order valence-electron chi connectivity index (χ1n) is 8.23. The number of hydrogen-bond donors (Lipinski definition) is 3. The Hall–Kier alpha value is -1.73. The smallest absolute Gasteiger partial charge is 0.254 e. The van der Waals surface area contributed by atoms with Gasteiger partial charge in [-0.05, 0) is 44.9 Å². The number of carbonyl (C=O) groups is 2. The first kappa shape index (κ1) is 21.3. The molecule has 1 aliphatic heterocycles. The fraction of sp³-hybridized carbons (Fsp3) is 0.529. The van der Waals surface area contributed by atoms with Gasteiger partial charge in [-0.3, -0.25) is 9.59 Å². The first-order valence-corrected chi connectivity index (χ1v) is 8.23. The van der Waals surface area contributed by atoms with Gasteiger partial charge in [0.25, 0.3) is 5.91 Å². The topological polar surface area (TPSA) is 70.2 Å². The number of nitrogens with one attached hydrogen (secondary N) is 3. The Morgan fingerprint density at radius 2 is 2.08 bits per heavy atom. The van der Waals surface area contributed by atoms with Gasteiger partial charge in [0.1, 0.15) is 11.6 Å². The summed E-state index contributed by atoms with van der Waals surface area (Å²) in [5, 5.41) is 8.83. The number of rotatable bonds is 6. The summed E-state index contributed by atoms with van der Waals surface area (Å²) in [5.41, 5.74) is -0.206. The van der Waals surface area contributed by atoms with Gasteiger partial charge in [-0.15, -0.1) is 12.4 Å². The summed E-state index contributed by atoms with van der Waals surface area (Å²) in [6.45, 7) is 3.27. The minimum Gasteiger partial charge on any atom is -0.352 e. The number of hydrogen-bond acceptors (Lipinski definition) is 3. The van der Waals surface area contributed by atoms with Crippen LogP contribution >= 0.6 is 12.4 Å². The van der Waals surface area contributed by atoms with Gasteiger partial charge in [-0.2, -0.15) is 0 Å². The van der Waals surface area contributed by atoms with Crippen LogP contribution in [0.5, 0.6) is 0 Å². The third-order valence-electron chi connectivity index (χ3n) is 4.15. The fourth-order valence-electron chi connectivity index (χ4n) is 2.74. The van der Waals surface area contributed by atoms with Gasteiger partial charge in [0, 0.05) is 31.1 Å². The highest BCUT2D eigenvalue weighted by molar-refractivity contribution is 5.94. The number of amides is 2. The van der Waals surface area contributed by atoms with Crippen LogP contribution in [0.2, 0.25) is 0 Å². The lowest BCUT2D eigenvalue weighted by molar-refractivity contribution is -0.122. The van der Waals surface area contributed by atoms with Gasteiger partial charge in [-0.1, -0.05) is 0 Å². The van der Waals surface area contributed by atoms with E-state index in [0.717, 1.165) is 31.5 Å². The molecule has 1 aliphatic rings. The zero-order valence-corrected chi connectivity index (χ0v) is 14.9. The largest absolute Gasteiger partial charge is 0.352 e. The monoisotopic (exact) mass is 375 g/mol. The molecule has 1 aromatic carbocycles. The summed E-state index contributed by atoms with van der Waals surface area (Å²) in [5.74, 6) is -2.30. The van der Waals surface area contributed by atoms with Gasteiger partial charge >= 0.3 is 0 Å². The lowest BCUT2D eigenvalue weighted by atomic mass is 10.00. The van der Waals surface area contributed by atoms with E-state index in [9.17, 15) is 18.4 Å². The molecule has 0 radical (unpaired) electrons. The molecule has 0 spiro atoms. The summed E-state index contributed by atoms with van der Waals surface area (Å²) in [6, 6.07) is 3.19. The molecule has 0 aliphatic carbocycles. The van der Waals surface area contributed by atoms with Crippen LogP contribution in [-0.2, 0) is 4.79 Å². The van der Waals surface area contributed by atoms with Crippen molar-refractivity contribution in [2.75, 3.05) is 13.1 Å². The summed E-state index contributed by atoms with van der Waals surface area (Å²) >= 11 is 0. The van der Waals surface area contributed by atoms with Gasteiger partial charge < -0.3 is 16.0 Å². The van der Waals surface area contributed by atoms with Crippen LogP contribution in [0, 0.1) is 11.6 Å². The Labute approximate surface area is 152 Å². The van der Waals surface area contributed by atoms with Crippen molar-refractivity contribution in [2.45, 2.75) is 44.7 Å². The van der Waals surface area contributed by atoms with Gasteiger partial charge in [0.05, 0.1) is 5.56 Å². The molecule has 5 nitrogen and oxygen atoms in total. The molecule has 2 rings (SSSR count). The predicted octanol–water partition coefficient (Wildman–Crippen LogP) is 2.15. The van der Waals surface area contributed by atoms with Gasteiger partial charge in [-0.25, -0.2) is 8.78 Å². The maximum absolute atomic E-state index is 13.5. The molecule has 140 valence electrons. The first-order chi connectivity index (χ1) is 11.5. The number of benzene rings is 1. The quantitative estimate of drug-likeness (QED) is 0.667. The average Bonchev–Trinajstić information content (AvgIpc) is 2.53. The molecule has 2 atom stereocenters. The van der Waals surface area contributed by atoms with Crippen molar-refractivity contribution in [1.82, 2.24) is 16.0 Å². The van der Waals surface area contributed by atoms with Crippen LogP contribution in [0.3, 0.4) is 0 Å². The Morgan fingerprint density at radius 3 is 2.76 bits per heavy atom. The molecule has 3 N–H and O–H groups in total. The average molecular weight is 376 g/mol. The van der Waals surface area contributed by atoms with Crippen molar-refractivity contribution < 1.29 is 18.4 Å². The third kappa shape index (κ3) is 6.59. The van der Waals surface area contributed by atoms with Crippen LogP contribution < -0.4 is 16.0 Å². The van der Waals surface area contributed by atoms with Crippen molar-refractivity contribution in [3.63, 3.8) is 0 Å². The predicted molar refractivity (Wildman–Crippen MR) is 93.8 cm³/mol. The molecule has 1 heterocycles. The molecule has 2 unspecified atom stereocenters. The van der Waals surface area contributed by atoms with Gasteiger partial charge in [0.2, 0.25) is 5.91 Å². The Balaban J connectivity index is 0.00000312. The summed E-state index contributed by atoms with van der Waals surface area (Å²) in [7, 11) is 0. The van der Waals surface area contributed by atoms with Crippen molar-refractivity contribution in [3.05, 3.63) is 35.4 Å². The highest BCUT2D eigenvalue weighted by Crippen LogP contribution is 2.10. The van der Waals surface area contributed by atoms with Crippen molar-refractivity contribution in [1.29, 1.82) is 0 Å². The summed E-state index contributed by atoms with van der Waals surface area (Å²) in [6.07, 6.45) is 2.74. The lowest BCUT2D eigenvalue weighted by Gasteiger charge is -2.30. The maximum Gasteiger partial charge on any atom is 0.254 e. The number of piperidine rings is 1. The molecular formula is C17H24ClF2N3O2. The van der Waals surface area contributed by atoms with E-state index >= 15 is 0 Å². The van der Waals surface area contributed by atoms with E-state index in [0.29, 0.717) is 12.5 Å². The lowest BCUT2D eigenvalue weighted by Crippen LogP contribution is -2.51. The summed E-state index contributed by atoms with van der Waals surface area (Å²) in [4.78, 5) is 23.7. The zero-order chi connectivity index (χ0) is 17.5. The standard InChI is InChI=1S/C17H23F2N3O2.ClH/c1-11-15(4-2-8-20-11)22-16(23)5-3-9-21-17(24)13-7-6-12(18)10-14(13)19;/h6-7,10-11,15,20H,2-5,8-9H2,1H3,(H,21,24)(H,22,23);1H. The Kier molecular flexibility index (Phi) is 8.78. The van der Waals surface area contributed by atoms with E-state index in [1.165, 1.54) is 0 Å².